The third-order valence-electron chi connectivity index (χ3n) is 3.13. The Labute approximate surface area is 132 Å². The van der Waals surface area contributed by atoms with Crippen LogP contribution in [0.15, 0.2) is 48.7 Å². The third-order valence-corrected chi connectivity index (χ3v) is 3.84. The smallest absolute Gasteiger partial charge is 0.202 e. The average Bonchev–Trinajstić information content (AvgIpc) is 2.98. The summed E-state index contributed by atoms with van der Waals surface area (Å²) in [5.41, 5.74) is 2.05. The molecule has 0 atom stereocenters. The van der Waals surface area contributed by atoms with Crippen LogP contribution in [0.4, 0.5) is 9.52 Å². The molecule has 1 N–H and O–H groups in total. The Morgan fingerprint density at radius 3 is 2.73 bits per heavy atom. The van der Waals surface area contributed by atoms with Crippen molar-refractivity contribution in [2.45, 2.75) is 12.8 Å². The molecular formula is C16H15FN4S. The summed E-state index contributed by atoms with van der Waals surface area (Å²) in [5, 5.41) is 4.05. The fourth-order valence-electron chi connectivity index (χ4n) is 2.03. The standard InChI is InChI=1S/C16H15FN4S/c17-13-6-4-12(5-7-13)11-15-20-16(22-21-15)19-10-8-14-3-1-2-9-18-14/h1-7,9H,8,10-11H2,(H,19,20,21). The Hall–Kier alpha value is -2.34. The first-order valence-corrected chi connectivity index (χ1v) is 7.78. The minimum atomic E-state index is -0.230. The van der Waals surface area contributed by atoms with Gasteiger partial charge in [-0.15, -0.1) is 0 Å². The van der Waals surface area contributed by atoms with E-state index in [9.17, 15) is 4.39 Å². The van der Waals surface area contributed by atoms with E-state index in [1.54, 1.807) is 18.3 Å². The lowest BCUT2D eigenvalue weighted by molar-refractivity contribution is 0.627. The number of hydrogen-bond acceptors (Lipinski definition) is 5. The summed E-state index contributed by atoms with van der Waals surface area (Å²) >= 11 is 1.34. The number of pyridine rings is 1. The van der Waals surface area contributed by atoms with Gasteiger partial charge in [0.25, 0.3) is 0 Å². The van der Waals surface area contributed by atoms with Crippen LogP contribution in [0.5, 0.6) is 0 Å². The molecule has 112 valence electrons. The number of nitrogens with one attached hydrogen (secondary N) is 1. The maximum atomic E-state index is 12.9. The number of nitrogens with zero attached hydrogens (tertiary/aromatic N) is 3. The Balaban J connectivity index is 1.51. The second kappa shape index (κ2) is 7.09. The van der Waals surface area contributed by atoms with Gasteiger partial charge in [-0.2, -0.15) is 4.37 Å². The number of halogens is 1. The summed E-state index contributed by atoms with van der Waals surface area (Å²) in [6, 6.07) is 12.3. The lowest BCUT2D eigenvalue weighted by Crippen LogP contribution is -2.05. The summed E-state index contributed by atoms with van der Waals surface area (Å²) in [7, 11) is 0. The van der Waals surface area contributed by atoms with Crippen molar-refractivity contribution in [3.8, 4) is 0 Å². The van der Waals surface area contributed by atoms with Gasteiger partial charge in [-0.3, -0.25) is 4.98 Å². The maximum Gasteiger partial charge on any atom is 0.202 e. The quantitative estimate of drug-likeness (QED) is 0.758. The van der Waals surface area contributed by atoms with Crippen molar-refractivity contribution in [3.05, 3.63) is 71.6 Å². The van der Waals surface area contributed by atoms with Gasteiger partial charge in [-0.05, 0) is 29.8 Å². The zero-order valence-corrected chi connectivity index (χ0v) is 12.7. The highest BCUT2D eigenvalue weighted by Gasteiger charge is 2.05. The minimum absolute atomic E-state index is 0.230. The average molecular weight is 314 g/mol. The van der Waals surface area contributed by atoms with Crippen LogP contribution in [0.3, 0.4) is 0 Å². The monoisotopic (exact) mass is 314 g/mol. The Morgan fingerprint density at radius 2 is 1.95 bits per heavy atom. The summed E-state index contributed by atoms with van der Waals surface area (Å²) in [4.78, 5) is 8.72. The zero-order chi connectivity index (χ0) is 15.2. The molecule has 0 radical (unpaired) electrons. The van der Waals surface area contributed by atoms with Gasteiger partial charge >= 0.3 is 0 Å². The maximum absolute atomic E-state index is 12.9. The highest BCUT2D eigenvalue weighted by atomic mass is 32.1. The Morgan fingerprint density at radius 1 is 1.09 bits per heavy atom. The van der Waals surface area contributed by atoms with E-state index in [4.69, 9.17) is 0 Å². The van der Waals surface area contributed by atoms with Crippen LogP contribution in [0.25, 0.3) is 0 Å². The van der Waals surface area contributed by atoms with E-state index in [1.165, 1.54) is 23.7 Å². The Bertz CT molecular complexity index is 713. The second-order valence-corrected chi connectivity index (χ2v) is 5.57. The van der Waals surface area contributed by atoms with Crippen molar-refractivity contribution in [2.75, 3.05) is 11.9 Å². The van der Waals surface area contributed by atoms with Crippen LogP contribution >= 0.6 is 11.5 Å². The molecule has 2 heterocycles. The van der Waals surface area contributed by atoms with Crippen LogP contribution in [0.2, 0.25) is 0 Å². The second-order valence-electron chi connectivity index (χ2n) is 4.82. The van der Waals surface area contributed by atoms with Gasteiger partial charge in [-0.1, -0.05) is 18.2 Å². The van der Waals surface area contributed by atoms with Crippen LogP contribution < -0.4 is 5.32 Å². The van der Waals surface area contributed by atoms with Crippen LogP contribution in [0, 0.1) is 5.82 Å². The zero-order valence-electron chi connectivity index (χ0n) is 11.9. The van der Waals surface area contributed by atoms with Gasteiger partial charge < -0.3 is 5.32 Å². The lowest BCUT2D eigenvalue weighted by Gasteiger charge is -2.01. The molecule has 0 saturated carbocycles. The van der Waals surface area contributed by atoms with Gasteiger partial charge in [-0.25, -0.2) is 9.37 Å². The van der Waals surface area contributed by atoms with Gasteiger partial charge in [0.15, 0.2) is 0 Å². The molecule has 22 heavy (non-hydrogen) atoms. The first kappa shape index (κ1) is 14.6. The fourth-order valence-corrected chi connectivity index (χ4v) is 2.64. The highest BCUT2D eigenvalue weighted by molar-refractivity contribution is 7.09. The molecule has 0 aliphatic heterocycles. The number of aromatic nitrogens is 3. The van der Waals surface area contributed by atoms with Crippen molar-refractivity contribution >= 4 is 16.7 Å². The van der Waals surface area contributed by atoms with Gasteiger partial charge in [0.05, 0.1) is 0 Å². The molecule has 0 unspecified atom stereocenters. The van der Waals surface area contributed by atoms with E-state index in [2.05, 4.69) is 19.7 Å². The minimum Gasteiger partial charge on any atom is -0.360 e. The molecule has 0 spiro atoms. The van der Waals surface area contributed by atoms with Crippen LogP contribution in [-0.2, 0) is 12.8 Å². The van der Waals surface area contributed by atoms with Crippen LogP contribution in [-0.4, -0.2) is 20.9 Å². The van der Waals surface area contributed by atoms with Gasteiger partial charge in [0, 0.05) is 42.8 Å². The summed E-state index contributed by atoms with van der Waals surface area (Å²) < 4.78 is 17.2. The molecular weight excluding hydrogens is 299 g/mol. The van der Waals surface area contributed by atoms with Crippen molar-refractivity contribution in [2.24, 2.45) is 0 Å². The third kappa shape index (κ3) is 4.08. The van der Waals surface area contributed by atoms with E-state index in [-0.39, 0.29) is 5.82 Å². The molecule has 0 fully saturated rings. The van der Waals surface area contributed by atoms with E-state index in [0.717, 1.165) is 35.2 Å². The summed E-state index contributed by atoms with van der Waals surface area (Å²) in [6.45, 7) is 0.766. The molecule has 3 rings (SSSR count). The van der Waals surface area contributed by atoms with E-state index < -0.39 is 0 Å². The largest absolute Gasteiger partial charge is 0.360 e. The predicted octanol–water partition coefficient (Wildman–Crippen LogP) is 3.32. The molecule has 6 heteroatoms. The molecule has 0 bridgehead atoms. The molecule has 2 aromatic heterocycles. The number of benzene rings is 1. The van der Waals surface area contributed by atoms with Crippen molar-refractivity contribution in [1.82, 2.24) is 14.3 Å². The lowest BCUT2D eigenvalue weighted by atomic mass is 10.1. The topological polar surface area (TPSA) is 50.7 Å². The summed E-state index contributed by atoms with van der Waals surface area (Å²) in [6.07, 6.45) is 3.24. The highest BCUT2D eigenvalue weighted by Crippen LogP contribution is 2.14. The first-order valence-electron chi connectivity index (χ1n) is 7.00. The Kier molecular flexibility index (Phi) is 4.70. The number of anilines is 1. The van der Waals surface area contributed by atoms with E-state index in [0.29, 0.717) is 6.42 Å². The van der Waals surface area contributed by atoms with Crippen molar-refractivity contribution in [3.63, 3.8) is 0 Å². The first-order chi connectivity index (χ1) is 10.8. The van der Waals surface area contributed by atoms with E-state index in [1.807, 2.05) is 18.2 Å². The van der Waals surface area contributed by atoms with Gasteiger partial charge in [0.2, 0.25) is 5.13 Å². The normalized spacial score (nSPS) is 10.6. The number of rotatable bonds is 6. The molecule has 3 aromatic rings. The number of hydrogen-bond donors (Lipinski definition) is 1. The van der Waals surface area contributed by atoms with Crippen LogP contribution in [0.1, 0.15) is 17.1 Å². The molecule has 0 saturated heterocycles. The summed E-state index contributed by atoms with van der Waals surface area (Å²) in [5.74, 6) is 0.517. The fraction of sp³-hybridized carbons (Fsp3) is 0.188. The van der Waals surface area contributed by atoms with E-state index >= 15 is 0 Å². The SMILES string of the molecule is Fc1ccc(Cc2nsc(NCCc3ccccn3)n2)cc1. The molecule has 4 nitrogen and oxygen atoms in total. The molecule has 1 aromatic carbocycles. The molecule has 0 aliphatic rings. The molecule has 0 amide bonds. The molecule has 0 aliphatic carbocycles. The predicted molar refractivity (Wildman–Crippen MR) is 85.5 cm³/mol. The van der Waals surface area contributed by atoms with Crippen molar-refractivity contribution < 1.29 is 4.39 Å². The van der Waals surface area contributed by atoms with Gasteiger partial charge in [0.1, 0.15) is 11.6 Å². The van der Waals surface area contributed by atoms with Crippen molar-refractivity contribution in [1.29, 1.82) is 0 Å².